The largest absolute Gasteiger partial charge is 0.378 e. The quantitative estimate of drug-likeness (QED) is 0.801. The molecular formula is C13H15FN2O2. The van der Waals surface area contributed by atoms with E-state index < -0.39 is 5.82 Å². The highest BCUT2D eigenvalue weighted by molar-refractivity contribution is 5.96. The lowest BCUT2D eigenvalue weighted by atomic mass is 9.83. The number of ketones is 1. The Hall–Kier alpha value is -1.33. The van der Waals surface area contributed by atoms with Gasteiger partial charge in [0.05, 0.1) is 19.4 Å². The molecule has 2 atom stereocenters. The van der Waals surface area contributed by atoms with Gasteiger partial charge in [0.25, 0.3) is 0 Å². The molecule has 3 rings (SSSR count). The Balaban J connectivity index is 1.74. The van der Waals surface area contributed by atoms with Crippen LogP contribution in [0.15, 0.2) is 18.3 Å². The van der Waals surface area contributed by atoms with Crippen LogP contribution in [0.25, 0.3) is 0 Å². The molecule has 4 nitrogen and oxygen atoms in total. The first-order valence-corrected chi connectivity index (χ1v) is 6.22. The van der Waals surface area contributed by atoms with E-state index >= 15 is 0 Å². The summed E-state index contributed by atoms with van der Waals surface area (Å²) in [6.45, 7) is 1.33. The van der Waals surface area contributed by atoms with Crippen molar-refractivity contribution >= 4 is 5.78 Å². The van der Waals surface area contributed by atoms with Gasteiger partial charge in [-0.15, -0.1) is 0 Å². The lowest BCUT2D eigenvalue weighted by Gasteiger charge is -2.39. The molecule has 2 unspecified atom stereocenters. The smallest absolute Gasteiger partial charge is 0.184 e. The molecule has 0 saturated carbocycles. The van der Waals surface area contributed by atoms with Crippen LogP contribution in [-0.2, 0) is 4.74 Å². The van der Waals surface area contributed by atoms with E-state index in [1.54, 1.807) is 0 Å². The van der Waals surface area contributed by atoms with E-state index in [0.29, 0.717) is 18.9 Å². The predicted octanol–water partition coefficient (Wildman–Crippen LogP) is 1.17. The second-order valence-electron chi connectivity index (χ2n) is 4.99. The van der Waals surface area contributed by atoms with E-state index in [0.717, 1.165) is 19.0 Å². The number of aromatic nitrogens is 1. The minimum atomic E-state index is -0.415. The van der Waals surface area contributed by atoms with Crippen molar-refractivity contribution in [3.8, 4) is 0 Å². The van der Waals surface area contributed by atoms with Crippen molar-refractivity contribution in [3.63, 3.8) is 0 Å². The molecule has 2 aliphatic rings. The van der Waals surface area contributed by atoms with Gasteiger partial charge in [-0.3, -0.25) is 9.78 Å². The van der Waals surface area contributed by atoms with Gasteiger partial charge in [-0.05, 0) is 25.0 Å². The fourth-order valence-corrected chi connectivity index (χ4v) is 2.78. The number of Topliss-reactive ketones (excluding diaryl/α,β-unsaturated/α-hetero) is 1. The SMILES string of the molecule is O=C(c1ccc(F)cn1)C1CC2COCC(C1)N2. The highest BCUT2D eigenvalue weighted by Gasteiger charge is 2.35. The Kier molecular flexibility index (Phi) is 3.09. The number of hydrogen-bond acceptors (Lipinski definition) is 4. The summed E-state index contributed by atoms with van der Waals surface area (Å²) in [7, 11) is 0. The van der Waals surface area contributed by atoms with E-state index in [4.69, 9.17) is 4.74 Å². The van der Waals surface area contributed by atoms with Crippen molar-refractivity contribution < 1.29 is 13.9 Å². The normalized spacial score (nSPS) is 31.1. The summed E-state index contributed by atoms with van der Waals surface area (Å²) in [6.07, 6.45) is 2.64. The molecule has 0 radical (unpaired) electrons. The summed E-state index contributed by atoms with van der Waals surface area (Å²) in [5.41, 5.74) is 0.363. The van der Waals surface area contributed by atoms with E-state index in [9.17, 15) is 9.18 Å². The first-order chi connectivity index (χ1) is 8.72. The summed E-state index contributed by atoms with van der Waals surface area (Å²) in [5, 5.41) is 3.44. The van der Waals surface area contributed by atoms with E-state index in [-0.39, 0.29) is 23.8 Å². The van der Waals surface area contributed by atoms with Crippen LogP contribution in [0.5, 0.6) is 0 Å². The van der Waals surface area contributed by atoms with Gasteiger partial charge in [-0.2, -0.15) is 0 Å². The Morgan fingerprint density at radius 1 is 1.33 bits per heavy atom. The number of rotatable bonds is 2. The second-order valence-corrected chi connectivity index (χ2v) is 4.99. The molecule has 5 heteroatoms. The fraction of sp³-hybridized carbons (Fsp3) is 0.538. The maximum Gasteiger partial charge on any atom is 0.184 e. The number of pyridine rings is 1. The number of morpholine rings is 1. The Labute approximate surface area is 105 Å². The third kappa shape index (κ3) is 2.28. The lowest BCUT2D eigenvalue weighted by Crippen LogP contribution is -2.55. The van der Waals surface area contributed by atoms with Gasteiger partial charge in [0.1, 0.15) is 11.5 Å². The maximum atomic E-state index is 12.8. The number of piperidine rings is 1. The van der Waals surface area contributed by atoms with Crippen LogP contribution in [0.4, 0.5) is 4.39 Å². The van der Waals surface area contributed by atoms with Crippen molar-refractivity contribution in [1.29, 1.82) is 0 Å². The molecule has 1 aromatic rings. The number of fused-ring (bicyclic) bond motifs is 2. The molecule has 0 spiro atoms. The van der Waals surface area contributed by atoms with Gasteiger partial charge in [0.2, 0.25) is 0 Å². The van der Waals surface area contributed by atoms with Crippen molar-refractivity contribution in [2.45, 2.75) is 24.9 Å². The highest BCUT2D eigenvalue weighted by atomic mass is 19.1. The van der Waals surface area contributed by atoms with E-state index in [1.165, 1.54) is 12.1 Å². The Morgan fingerprint density at radius 3 is 2.67 bits per heavy atom. The summed E-state index contributed by atoms with van der Waals surface area (Å²) in [5.74, 6) is -0.418. The first kappa shape index (κ1) is 11.7. The summed E-state index contributed by atoms with van der Waals surface area (Å²) >= 11 is 0. The molecule has 1 aromatic heterocycles. The van der Waals surface area contributed by atoms with Crippen molar-refractivity contribution in [2.24, 2.45) is 5.92 Å². The van der Waals surface area contributed by atoms with Gasteiger partial charge in [-0.25, -0.2) is 4.39 Å². The van der Waals surface area contributed by atoms with Gasteiger partial charge in [-0.1, -0.05) is 0 Å². The standard InChI is InChI=1S/C13H15FN2O2/c14-9-1-2-12(15-5-9)13(17)8-3-10-6-18-7-11(4-8)16-10/h1-2,5,8,10-11,16H,3-4,6-7H2. The third-order valence-electron chi connectivity index (χ3n) is 3.60. The van der Waals surface area contributed by atoms with Crippen LogP contribution in [0.1, 0.15) is 23.3 Å². The molecule has 1 N–H and O–H groups in total. The zero-order chi connectivity index (χ0) is 12.5. The molecule has 2 fully saturated rings. The fourth-order valence-electron chi connectivity index (χ4n) is 2.78. The number of nitrogens with zero attached hydrogens (tertiary/aromatic N) is 1. The highest BCUT2D eigenvalue weighted by Crippen LogP contribution is 2.26. The number of carbonyl (C=O) groups is 1. The van der Waals surface area contributed by atoms with Crippen LogP contribution >= 0.6 is 0 Å². The Bertz CT molecular complexity index is 437. The van der Waals surface area contributed by atoms with Gasteiger partial charge in [0.15, 0.2) is 5.78 Å². The molecule has 2 saturated heterocycles. The molecule has 2 aliphatic heterocycles. The average molecular weight is 250 g/mol. The van der Waals surface area contributed by atoms with Crippen LogP contribution < -0.4 is 5.32 Å². The number of hydrogen-bond donors (Lipinski definition) is 1. The number of halogens is 1. The average Bonchev–Trinajstić information content (AvgIpc) is 2.38. The number of nitrogens with one attached hydrogen (secondary N) is 1. The van der Waals surface area contributed by atoms with E-state index in [1.807, 2.05) is 0 Å². The van der Waals surface area contributed by atoms with Crippen molar-refractivity contribution in [1.82, 2.24) is 10.3 Å². The van der Waals surface area contributed by atoms with Crippen LogP contribution in [-0.4, -0.2) is 36.1 Å². The minimum absolute atomic E-state index is 0.0217. The van der Waals surface area contributed by atoms with Gasteiger partial charge < -0.3 is 10.1 Å². The van der Waals surface area contributed by atoms with E-state index in [2.05, 4.69) is 10.3 Å². The zero-order valence-corrected chi connectivity index (χ0v) is 9.93. The van der Waals surface area contributed by atoms with Gasteiger partial charge >= 0.3 is 0 Å². The molecule has 96 valence electrons. The monoisotopic (exact) mass is 250 g/mol. The lowest BCUT2D eigenvalue weighted by molar-refractivity contribution is 0.00943. The first-order valence-electron chi connectivity index (χ1n) is 6.22. The summed E-state index contributed by atoms with van der Waals surface area (Å²) in [4.78, 5) is 16.2. The predicted molar refractivity (Wildman–Crippen MR) is 62.8 cm³/mol. The maximum absolute atomic E-state index is 12.8. The van der Waals surface area contributed by atoms with Crippen molar-refractivity contribution in [2.75, 3.05) is 13.2 Å². The molecule has 18 heavy (non-hydrogen) atoms. The molecule has 0 aromatic carbocycles. The second kappa shape index (κ2) is 4.74. The topological polar surface area (TPSA) is 51.2 Å². The zero-order valence-electron chi connectivity index (χ0n) is 9.93. The Morgan fingerprint density at radius 2 is 2.06 bits per heavy atom. The molecule has 3 heterocycles. The third-order valence-corrected chi connectivity index (χ3v) is 3.60. The van der Waals surface area contributed by atoms with Crippen LogP contribution in [0.2, 0.25) is 0 Å². The molecular weight excluding hydrogens is 235 g/mol. The van der Waals surface area contributed by atoms with Gasteiger partial charge in [0, 0.05) is 18.0 Å². The summed E-state index contributed by atoms with van der Waals surface area (Å²) in [6, 6.07) is 3.26. The molecule has 2 bridgehead atoms. The van der Waals surface area contributed by atoms with Crippen LogP contribution in [0.3, 0.4) is 0 Å². The number of ether oxygens (including phenoxy) is 1. The minimum Gasteiger partial charge on any atom is -0.378 e. The molecule has 0 aliphatic carbocycles. The summed E-state index contributed by atoms with van der Waals surface area (Å²) < 4.78 is 18.2. The number of carbonyl (C=O) groups excluding carboxylic acids is 1. The molecule has 0 amide bonds. The van der Waals surface area contributed by atoms with Crippen LogP contribution in [0, 0.1) is 11.7 Å². The van der Waals surface area contributed by atoms with Crippen molar-refractivity contribution in [3.05, 3.63) is 29.8 Å².